The molecule has 0 aromatic heterocycles. The molecule has 1 fully saturated rings. The molecule has 1 rings (SSSR count). The highest BCUT2D eigenvalue weighted by Crippen LogP contribution is 2.29. The Bertz CT molecular complexity index is 115. The zero-order valence-corrected chi connectivity index (χ0v) is 7.82. The van der Waals surface area contributed by atoms with Gasteiger partial charge in [-0.25, -0.2) is 0 Å². The summed E-state index contributed by atoms with van der Waals surface area (Å²) in [5.74, 6) is 0.370. The number of rotatable bonds is 4. The molecule has 1 unspecified atom stereocenters. The molecule has 0 amide bonds. The van der Waals surface area contributed by atoms with Gasteiger partial charge in [0, 0.05) is 14.2 Å². The van der Waals surface area contributed by atoms with Crippen LogP contribution in [-0.4, -0.2) is 31.7 Å². The molecule has 0 bridgehead atoms. The average Bonchev–Trinajstić information content (AvgIpc) is 2.58. The molecule has 12 heavy (non-hydrogen) atoms. The van der Waals surface area contributed by atoms with Crippen LogP contribution < -0.4 is 0 Å². The highest BCUT2D eigenvalue weighted by molar-refractivity contribution is 4.76. The second kappa shape index (κ2) is 4.80. The zero-order valence-electron chi connectivity index (χ0n) is 7.82. The Labute approximate surface area is 73.7 Å². The largest absolute Gasteiger partial charge is 0.388 e. The summed E-state index contributed by atoms with van der Waals surface area (Å²) >= 11 is 0. The van der Waals surface area contributed by atoms with Gasteiger partial charge in [-0.1, -0.05) is 12.8 Å². The van der Waals surface area contributed by atoms with Crippen molar-refractivity contribution in [3.63, 3.8) is 0 Å². The van der Waals surface area contributed by atoms with Crippen molar-refractivity contribution >= 4 is 0 Å². The first-order valence-electron chi connectivity index (χ1n) is 4.53. The standard InChI is InChI=1S/C9H18O3/c1-11-9(12-2)8(10)7-5-3-4-6-7/h7-10H,3-6H2,1-2H3. The lowest BCUT2D eigenvalue weighted by molar-refractivity contribution is -0.177. The monoisotopic (exact) mass is 174 g/mol. The summed E-state index contributed by atoms with van der Waals surface area (Å²) in [4.78, 5) is 0. The first-order chi connectivity index (χ1) is 5.79. The minimum absolute atomic E-state index is 0.370. The van der Waals surface area contributed by atoms with Gasteiger partial charge in [-0.15, -0.1) is 0 Å². The van der Waals surface area contributed by atoms with Gasteiger partial charge in [-0.3, -0.25) is 0 Å². The van der Waals surface area contributed by atoms with Gasteiger partial charge >= 0.3 is 0 Å². The molecule has 0 saturated heterocycles. The Morgan fingerprint density at radius 3 is 2.08 bits per heavy atom. The molecule has 0 aromatic rings. The molecule has 3 nitrogen and oxygen atoms in total. The van der Waals surface area contributed by atoms with Crippen LogP contribution in [0.25, 0.3) is 0 Å². The molecule has 72 valence electrons. The van der Waals surface area contributed by atoms with Crippen molar-refractivity contribution in [1.82, 2.24) is 0 Å². The van der Waals surface area contributed by atoms with Crippen molar-refractivity contribution in [3.8, 4) is 0 Å². The summed E-state index contributed by atoms with van der Waals surface area (Å²) in [6.45, 7) is 0. The van der Waals surface area contributed by atoms with Crippen LogP contribution in [0, 0.1) is 5.92 Å². The Morgan fingerprint density at radius 2 is 1.67 bits per heavy atom. The van der Waals surface area contributed by atoms with Crippen molar-refractivity contribution in [2.45, 2.75) is 38.1 Å². The normalized spacial score (nSPS) is 22.0. The second-order valence-electron chi connectivity index (χ2n) is 3.37. The third-order valence-corrected chi connectivity index (χ3v) is 2.63. The predicted molar refractivity (Wildman–Crippen MR) is 45.8 cm³/mol. The molecule has 0 spiro atoms. The number of hydrogen-bond donors (Lipinski definition) is 1. The van der Waals surface area contributed by atoms with E-state index in [1.807, 2.05) is 0 Å². The van der Waals surface area contributed by atoms with Gasteiger partial charge in [0.15, 0.2) is 6.29 Å². The predicted octanol–water partition coefficient (Wildman–Crippen LogP) is 1.16. The quantitative estimate of drug-likeness (QED) is 0.650. The first-order valence-corrected chi connectivity index (χ1v) is 4.53. The Balaban J connectivity index is 2.37. The molecule has 1 saturated carbocycles. The lowest BCUT2D eigenvalue weighted by atomic mass is 10.0. The van der Waals surface area contributed by atoms with E-state index in [1.54, 1.807) is 14.2 Å². The summed E-state index contributed by atoms with van der Waals surface area (Å²) in [7, 11) is 3.12. The summed E-state index contributed by atoms with van der Waals surface area (Å²) in [6.07, 6.45) is 3.74. The van der Waals surface area contributed by atoms with Gasteiger partial charge in [0.05, 0.1) is 0 Å². The number of aliphatic hydroxyl groups is 1. The lowest BCUT2D eigenvalue weighted by Crippen LogP contribution is -2.35. The van der Waals surface area contributed by atoms with E-state index in [9.17, 15) is 5.11 Å². The second-order valence-corrected chi connectivity index (χ2v) is 3.37. The molecule has 0 radical (unpaired) electrons. The lowest BCUT2D eigenvalue weighted by Gasteiger charge is -2.24. The van der Waals surface area contributed by atoms with E-state index in [0.717, 1.165) is 12.8 Å². The molecule has 0 heterocycles. The van der Waals surface area contributed by atoms with E-state index in [4.69, 9.17) is 9.47 Å². The number of ether oxygens (including phenoxy) is 2. The van der Waals surface area contributed by atoms with Crippen molar-refractivity contribution in [2.75, 3.05) is 14.2 Å². The minimum Gasteiger partial charge on any atom is -0.388 e. The fourth-order valence-electron chi connectivity index (χ4n) is 1.90. The van der Waals surface area contributed by atoms with Gasteiger partial charge in [0.2, 0.25) is 0 Å². The fraction of sp³-hybridized carbons (Fsp3) is 1.00. The maximum Gasteiger partial charge on any atom is 0.182 e. The van der Waals surface area contributed by atoms with Crippen LogP contribution in [0.4, 0.5) is 0 Å². The van der Waals surface area contributed by atoms with Gasteiger partial charge in [-0.2, -0.15) is 0 Å². The van der Waals surface area contributed by atoms with Crippen molar-refractivity contribution in [1.29, 1.82) is 0 Å². The number of methoxy groups -OCH3 is 2. The van der Waals surface area contributed by atoms with Gasteiger partial charge < -0.3 is 14.6 Å². The third-order valence-electron chi connectivity index (χ3n) is 2.63. The van der Waals surface area contributed by atoms with E-state index in [0.29, 0.717) is 5.92 Å². The van der Waals surface area contributed by atoms with Crippen molar-refractivity contribution < 1.29 is 14.6 Å². The fourth-order valence-corrected chi connectivity index (χ4v) is 1.90. The van der Waals surface area contributed by atoms with Crippen LogP contribution in [-0.2, 0) is 9.47 Å². The third kappa shape index (κ3) is 2.19. The summed E-state index contributed by atoms with van der Waals surface area (Å²) in [5, 5.41) is 9.76. The number of aliphatic hydroxyl groups excluding tert-OH is 1. The van der Waals surface area contributed by atoms with E-state index < -0.39 is 12.4 Å². The summed E-state index contributed by atoms with van der Waals surface area (Å²) in [5.41, 5.74) is 0. The highest BCUT2D eigenvalue weighted by Gasteiger charge is 2.29. The van der Waals surface area contributed by atoms with Gasteiger partial charge in [0.1, 0.15) is 6.10 Å². The SMILES string of the molecule is COC(OC)C(O)C1CCCC1. The highest BCUT2D eigenvalue weighted by atomic mass is 16.7. The van der Waals surface area contributed by atoms with Gasteiger partial charge in [-0.05, 0) is 18.8 Å². The Morgan fingerprint density at radius 1 is 1.17 bits per heavy atom. The molecular formula is C9H18O3. The van der Waals surface area contributed by atoms with E-state index in [1.165, 1.54) is 12.8 Å². The van der Waals surface area contributed by atoms with Crippen molar-refractivity contribution in [3.05, 3.63) is 0 Å². The maximum atomic E-state index is 9.76. The van der Waals surface area contributed by atoms with Crippen LogP contribution in [0.3, 0.4) is 0 Å². The van der Waals surface area contributed by atoms with Gasteiger partial charge in [0.25, 0.3) is 0 Å². The molecule has 3 heteroatoms. The Hall–Kier alpha value is -0.120. The number of hydrogen-bond acceptors (Lipinski definition) is 3. The minimum atomic E-state index is -0.456. The van der Waals surface area contributed by atoms with Crippen LogP contribution in [0.2, 0.25) is 0 Å². The average molecular weight is 174 g/mol. The molecule has 1 aliphatic carbocycles. The molecule has 0 aliphatic heterocycles. The van der Waals surface area contributed by atoms with Crippen LogP contribution in [0.5, 0.6) is 0 Å². The molecule has 0 aromatic carbocycles. The van der Waals surface area contributed by atoms with E-state index in [2.05, 4.69) is 0 Å². The molecular weight excluding hydrogens is 156 g/mol. The van der Waals surface area contributed by atoms with Crippen LogP contribution in [0.15, 0.2) is 0 Å². The molecule has 1 N–H and O–H groups in total. The molecule has 1 atom stereocenters. The molecule has 1 aliphatic rings. The summed E-state index contributed by atoms with van der Waals surface area (Å²) in [6, 6.07) is 0. The topological polar surface area (TPSA) is 38.7 Å². The first kappa shape index (κ1) is 9.96. The zero-order chi connectivity index (χ0) is 8.97. The van der Waals surface area contributed by atoms with Crippen LogP contribution >= 0.6 is 0 Å². The smallest absolute Gasteiger partial charge is 0.182 e. The van der Waals surface area contributed by atoms with E-state index >= 15 is 0 Å². The Kier molecular flexibility index (Phi) is 3.98. The summed E-state index contributed by atoms with van der Waals surface area (Å²) < 4.78 is 10.0. The van der Waals surface area contributed by atoms with E-state index in [-0.39, 0.29) is 0 Å². The van der Waals surface area contributed by atoms with Crippen molar-refractivity contribution in [2.24, 2.45) is 5.92 Å². The maximum absolute atomic E-state index is 9.76. The van der Waals surface area contributed by atoms with Crippen LogP contribution in [0.1, 0.15) is 25.7 Å².